The standard InChI is InChI=1S/C12H14ClN3O3S/c1-15(2)12(17)8-16(3)20(18,19)11-5-4-9(7-14)6-10(11)13/h4-6H,8H2,1-3H3. The first-order chi connectivity index (χ1) is 9.20. The molecule has 0 spiro atoms. The fraction of sp³-hybridized carbons (Fsp3) is 0.333. The molecular weight excluding hydrogens is 302 g/mol. The second kappa shape index (κ2) is 6.22. The molecule has 1 aromatic carbocycles. The molecular formula is C12H14ClN3O3S. The molecule has 0 bridgehead atoms. The van der Waals surface area contributed by atoms with E-state index in [1.807, 2.05) is 6.07 Å². The number of carbonyl (C=O) groups is 1. The Morgan fingerprint density at radius 2 is 1.95 bits per heavy atom. The van der Waals surface area contributed by atoms with Crippen molar-refractivity contribution in [3.8, 4) is 6.07 Å². The topological polar surface area (TPSA) is 81.5 Å². The number of halogens is 1. The lowest BCUT2D eigenvalue weighted by Crippen LogP contribution is -2.37. The molecule has 0 radical (unpaired) electrons. The van der Waals surface area contributed by atoms with Gasteiger partial charge in [-0.2, -0.15) is 9.57 Å². The molecule has 0 saturated carbocycles. The Labute approximate surface area is 123 Å². The summed E-state index contributed by atoms with van der Waals surface area (Å²) in [5.74, 6) is -0.346. The number of benzene rings is 1. The van der Waals surface area contributed by atoms with Crippen LogP contribution >= 0.6 is 11.6 Å². The first kappa shape index (κ1) is 16.4. The third-order valence-electron chi connectivity index (χ3n) is 2.61. The molecule has 0 aliphatic carbocycles. The average molecular weight is 316 g/mol. The number of amides is 1. The minimum absolute atomic E-state index is 0.0480. The van der Waals surface area contributed by atoms with Crippen LogP contribution in [-0.2, 0) is 14.8 Å². The van der Waals surface area contributed by atoms with E-state index in [9.17, 15) is 13.2 Å². The minimum atomic E-state index is -3.88. The van der Waals surface area contributed by atoms with Gasteiger partial charge in [0.1, 0.15) is 4.90 Å². The van der Waals surface area contributed by atoms with E-state index in [2.05, 4.69) is 0 Å². The van der Waals surface area contributed by atoms with Crippen LogP contribution in [0, 0.1) is 11.3 Å². The maximum atomic E-state index is 12.3. The monoisotopic (exact) mass is 315 g/mol. The quantitative estimate of drug-likeness (QED) is 0.827. The van der Waals surface area contributed by atoms with Crippen molar-refractivity contribution in [2.45, 2.75) is 4.90 Å². The molecule has 0 heterocycles. The van der Waals surface area contributed by atoms with E-state index in [0.717, 1.165) is 4.31 Å². The second-order valence-electron chi connectivity index (χ2n) is 4.31. The van der Waals surface area contributed by atoms with Crippen LogP contribution in [0.5, 0.6) is 0 Å². The van der Waals surface area contributed by atoms with E-state index in [0.29, 0.717) is 0 Å². The van der Waals surface area contributed by atoms with Gasteiger partial charge in [0.25, 0.3) is 0 Å². The molecule has 1 amide bonds. The number of carbonyl (C=O) groups excluding carboxylic acids is 1. The van der Waals surface area contributed by atoms with Crippen molar-refractivity contribution in [2.75, 3.05) is 27.7 Å². The van der Waals surface area contributed by atoms with Gasteiger partial charge in [0.15, 0.2) is 0 Å². The largest absolute Gasteiger partial charge is 0.348 e. The van der Waals surface area contributed by atoms with Gasteiger partial charge in [0, 0.05) is 21.1 Å². The van der Waals surface area contributed by atoms with Gasteiger partial charge in [-0.05, 0) is 18.2 Å². The Bertz CT molecular complexity index is 665. The predicted octanol–water partition coefficient (Wildman–Crippen LogP) is 0.920. The number of hydrogen-bond acceptors (Lipinski definition) is 4. The summed E-state index contributed by atoms with van der Waals surface area (Å²) in [6, 6.07) is 5.76. The Morgan fingerprint density at radius 3 is 2.40 bits per heavy atom. The molecule has 20 heavy (non-hydrogen) atoms. The van der Waals surface area contributed by atoms with Gasteiger partial charge in [0.2, 0.25) is 15.9 Å². The fourth-order valence-electron chi connectivity index (χ4n) is 1.36. The number of likely N-dealkylation sites (N-methyl/N-ethyl adjacent to an activating group) is 2. The lowest BCUT2D eigenvalue weighted by Gasteiger charge is -2.19. The lowest BCUT2D eigenvalue weighted by atomic mass is 10.2. The first-order valence-electron chi connectivity index (χ1n) is 5.56. The molecule has 0 aliphatic rings. The summed E-state index contributed by atoms with van der Waals surface area (Å²) in [7, 11) is 0.496. The highest BCUT2D eigenvalue weighted by Crippen LogP contribution is 2.24. The molecule has 1 aromatic rings. The average Bonchev–Trinajstić information content (AvgIpc) is 2.37. The minimum Gasteiger partial charge on any atom is -0.348 e. The van der Waals surface area contributed by atoms with Crippen molar-refractivity contribution >= 4 is 27.5 Å². The van der Waals surface area contributed by atoms with E-state index in [4.69, 9.17) is 16.9 Å². The third kappa shape index (κ3) is 3.48. The summed E-state index contributed by atoms with van der Waals surface area (Å²) in [4.78, 5) is 12.7. The van der Waals surface area contributed by atoms with E-state index in [-0.39, 0.29) is 27.9 Å². The highest BCUT2D eigenvalue weighted by Gasteiger charge is 2.25. The molecule has 108 valence electrons. The van der Waals surface area contributed by atoms with Gasteiger partial charge in [-0.3, -0.25) is 4.79 Å². The molecule has 0 atom stereocenters. The molecule has 8 heteroatoms. The molecule has 0 N–H and O–H groups in total. The molecule has 0 fully saturated rings. The summed E-state index contributed by atoms with van der Waals surface area (Å²) in [5.41, 5.74) is 0.265. The zero-order valence-corrected chi connectivity index (χ0v) is 12.9. The second-order valence-corrected chi connectivity index (χ2v) is 6.73. The summed E-state index contributed by atoms with van der Waals surface area (Å²) in [6.07, 6.45) is 0. The van der Waals surface area contributed by atoms with Crippen LogP contribution in [0.4, 0.5) is 0 Å². The maximum Gasteiger partial charge on any atom is 0.244 e. The van der Waals surface area contributed by atoms with Crippen LogP contribution in [0.25, 0.3) is 0 Å². The Hall–Kier alpha value is -1.62. The normalized spacial score (nSPS) is 11.2. The van der Waals surface area contributed by atoms with Crippen LogP contribution in [-0.4, -0.2) is 51.2 Å². The van der Waals surface area contributed by atoms with Crippen molar-refractivity contribution < 1.29 is 13.2 Å². The van der Waals surface area contributed by atoms with Gasteiger partial charge in [-0.1, -0.05) is 11.6 Å². The summed E-state index contributed by atoms with van der Waals surface area (Å²) in [6.45, 7) is -0.286. The Kier molecular flexibility index (Phi) is 5.11. The molecule has 0 aromatic heterocycles. The van der Waals surface area contributed by atoms with Gasteiger partial charge >= 0.3 is 0 Å². The van der Waals surface area contributed by atoms with E-state index >= 15 is 0 Å². The van der Waals surface area contributed by atoms with Crippen molar-refractivity contribution in [2.24, 2.45) is 0 Å². The van der Waals surface area contributed by atoms with Crippen LogP contribution in [0.1, 0.15) is 5.56 Å². The first-order valence-corrected chi connectivity index (χ1v) is 7.38. The summed E-state index contributed by atoms with van der Waals surface area (Å²) in [5, 5.41) is 8.68. The zero-order chi connectivity index (χ0) is 15.5. The zero-order valence-electron chi connectivity index (χ0n) is 11.3. The van der Waals surface area contributed by atoms with Crippen LogP contribution in [0.2, 0.25) is 5.02 Å². The molecule has 0 aliphatic heterocycles. The highest BCUT2D eigenvalue weighted by molar-refractivity contribution is 7.89. The number of sulfonamides is 1. The van der Waals surface area contributed by atoms with Crippen molar-refractivity contribution in [3.05, 3.63) is 28.8 Å². The van der Waals surface area contributed by atoms with E-state index in [1.165, 1.54) is 44.2 Å². The highest BCUT2D eigenvalue weighted by atomic mass is 35.5. The molecule has 0 saturated heterocycles. The van der Waals surface area contributed by atoms with E-state index < -0.39 is 10.0 Å². The summed E-state index contributed by atoms with van der Waals surface area (Å²) < 4.78 is 25.5. The molecule has 0 unspecified atom stereocenters. The predicted molar refractivity (Wildman–Crippen MR) is 74.7 cm³/mol. The van der Waals surface area contributed by atoms with Crippen molar-refractivity contribution in [1.82, 2.24) is 9.21 Å². The fourth-order valence-corrected chi connectivity index (χ4v) is 3.00. The SMILES string of the molecule is CN(C)C(=O)CN(C)S(=O)(=O)c1ccc(C#N)cc1Cl. The summed E-state index contributed by atoms with van der Waals surface area (Å²) >= 11 is 5.88. The Balaban J connectivity index is 3.11. The van der Waals surface area contributed by atoms with Gasteiger partial charge < -0.3 is 4.90 Å². The smallest absolute Gasteiger partial charge is 0.244 e. The third-order valence-corrected chi connectivity index (χ3v) is 4.89. The lowest BCUT2D eigenvalue weighted by molar-refractivity contribution is -0.128. The van der Waals surface area contributed by atoms with Gasteiger partial charge in [-0.25, -0.2) is 8.42 Å². The van der Waals surface area contributed by atoms with Crippen molar-refractivity contribution in [3.63, 3.8) is 0 Å². The van der Waals surface area contributed by atoms with Crippen LogP contribution in [0.3, 0.4) is 0 Å². The molecule has 6 nitrogen and oxygen atoms in total. The number of hydrogen-bond donors (Lipinski definition) is 0. The number of nitriles is 1. The van der Waals surface area contributed by atoms with Crippen LogP contribution in [0.15, 0.2) is 23.1 Å². The van der Waals surface area contributed by atoms with Crippen LogP contribution < -0.4 is 0 Å². The van der Waals surface area contributed by atoms with E-state index in [1.54, 1.807) is 0 Å². The van der Waals surface area contributed by atoms with Gasteiger partial charge in [-0.15, -0.1) is 0 Å². The maximum absolute atomic E-state index is 12.3. The number of rotatable bonds is 4. The number of nitrogens with zero attached hydrogens (tertiary/aromatic N) is 3. The molecule has 1 rings (SSSR count). The van der Waals surface area contributed by atoms with Crippen molar-refractivity contribution in [1.29, 1.82) is 5.26 Å². The Morgan fingerprint density at radius 1 is 1.35 bits per heavy atom. The van der Waals surface area contributed by atoms with Gasteiger partial charge in [0.05, 0.1) is 23.2 Å².